The third kappa shape index (κ3) is 4.82. The second-order valence-corrected chi connectivity index (χ2v) is 18.4. The molecule has 0 bridgehead atoms. The number of benzene rings is 6. The normalized spacial score (nSPS) is 13.3. The van der Waals surface area contributed by atoms with Gasteiger partial charge in [-0.2, -0.15) is 0 Å². The van der Waals surface area contributed by atoms with E-state index in [4.69, 9.17) is 14.7 Å². The van der Waals surface area contributed by atoms with Gasteiger partial charge in [0.1, 0.15) is 17.3 Å². The smallest absolute Gasteiger partial charge is 0.179 e. The first-order valence-electron chi connectivity index (χ1n) is 18.5. The van der Waals surface area contributed by atoms with Crippen molar-refractivity contribution < 1.29 is 4.74 Å². The average Bonchev–Trinajstić information content (AvgIpc) is 3.56. The monoisotopic (exact) mass is 711 g/mol. The molecule has 1 aliphatic rings. The number of fused-ring (bicyclic) bond motifs is 6. The average molecular weight is 712 g/mol. The van der Waals surface area contributed by atoms with Crippen molar-refractivity contribution in [2.75, 3.05) is 0 Å². The molecule has 0 saturated heterocycles. The second kappa shape index (κ2) is 12.5. The lowest BCUT2D eigenvalue weighted by molar-refractivity contribution is 0.420. The zero-order chi connectivity index (χ0) is 36.3. The number of para-hydroxylation sites is 1. The van der Waals surface area contributed by atoms with Crippen LogP contribution in [0.15, 0.2) is 188 Å². The van der Waals surface area contributed by atoms with Crippen LogP contribution in [0.3, 0.4) is 0 Å². The van der Waals surface area contributed by atoms with Crippen molar-refractivity contribution in [3.05, 3.63) is 199 Å². The number of aromatic nitrogens is 3. The molecule has 0 saturated carbocycles. The maximum Gasteiger partial charge on any atom is 0.179 e. The number of rotatable bonds is 6. The van der Waals surface area contributed by atoms with E-state index in [2.05, 4.69) is 182 Å². The maximum absolute atomic E-state index is 6.66. The molecule has 0 amide bonds. The van der Waals surface area contributed by atoms with Crippen LogP contribution in [0.1, 0.15) is 25.0 Å². The summed E-state index contributed by atoms with van der Waals surface area (Å²) < 4.78 is 9.01. The molecule has 258 valence electrons. The molecule has 4 nitrogen and oxygen atoms in total. The highest BCUT2D eigenvalue weighted by Gasteiger charge is 2.43. The van der Waals surface area contributed by atoms with Crippen LogP contribution in [0.4, 0.5) is 0 Å². The van der Waals surface area contributed by atoms with E-state index in [0.717, 1.165) is 39.6 Å². The standard InChI is InChI=1S/C49H37N3OSi/c1-49(2)40-22-9-10-24-44(40)53-45-29-28-42-47(48(45)49)39-27-26-38(33-43(39)52(42)46-25-12-14-31-51-46)54(35-17-5-3-6-18-35,36-19-7-4-8-20-36)37-21-15-16-34(32-37)41-23-11-13-30-50-41/h3-33H,1-2H3. The first-order chi connectivity index (χ1) is 26.5. The fourth-order valence-electron chi connectivity index (χ4n) is 8.91. The molecule has 10 rings (SSSR count). The number of hydrogen-bond acceptors (Lipinski definition) is 3. The Morgan fingerprint density at radius 2 is 1.19 bits per heavy atom. The molecular formula is C49H37N3OSi. The molecule has 0 spiro atoms. The summed E-state index contributed by atoms with van der Waals surface area (Å²) in [6.45, 7) is 4.64. The van der Waals surface area contributed by atoms with Crippen molar-refractivity contribution in [3.8, 4) is 28.6 Å². The SMILES string of the molecule is CC1(C)c2ccccc2Oc2ccc3c(c21)c1ccc([Si](c2ccccc2)(c2ccccc2)c2cccc(-c4ccccn4)c2)cc1n3-c1ccccn1. The van der Waals surface area contributed by atoms with E-state index >= 15 is 0 Å². The Morgan fingerprint density at radius 1 is 0.519 bits per heavy atom. The van der Waals surface area contributed by atoms with Crippen molar-refractivity contribution in [2.45, 2.75) is 19.3 Å². The van der Waals surface area contributed by atoms with Gasteiger partial charge >= 0.3 is 0 Å². The van der Waals surface area contributed by atoms with Crippen LogP contribution in [0, 0.1) is 0 Å². The largest absolute Gasteiger partial charge is 0.457 e. The summed E-state index contributed by atoms with van der Waals surface area (Å²) in [6.07, 6.45) is 3.75. The van der Waals surface area contributed by atoms with Gasteiger partial charge in [0.25, 0.3) is 0 Å². The highest BCUT2D eigenvalue weighted by Crippen LogP contribution is 2.52. The van der Waals surface area contributed by atoms with Crippen molar-refractivity contribution in [1.82, 2.24) is 14.5 Å². The Labute approximate surface area is 316 Å². The topological polar surface area (TPSA) is 39.9 Å². The Hall–Kier alpha value is -6.56. The first-order valence-corrected chi connectivity index (χ1v) is 20.5. The van der Waals surface area contributed by atoms with Gasteiger partial charge in [-0.15, -0.1) is 0 Å². The lowest BCUT2D eigenvalue weighted by Crippen LogP contribution is -2.74. The zero-order valence-electron chi connectivity index (χ0n) is 30.1. The molecule has 4 heterocycles. The van der Waals surface area contributed by atoms with Crippen LogP contribution in [-0.4, -0.2) is 22.6 Å². The van der Waals surface area contributed by atoms with Crippen LogP contribution in [0.2, 0.25) is 0 Å². The van der Waals surface area contributed by atoms with Gasteiger partial charge in [0.15, 0.2) is 8.07 Å². The molecule has 0 unspecified atom stereocenters. The summed E-state index contributed by atoms with van der Waals surface area (Å²) in [7, 11) is -2.94. The van der Waals surface area contributed by atoms with E-state index in [-0.39, 0.29) is 5.41 Å². The van der Waals surface area contributed by atoms with E-state index < -0.39 is 8.07 Å². The molecule has 1 aliphatic heterocycles. The van der Waals surface area contributed by atoms with Crippen molar-refractivity contribution >= 4 is 50.6 Å². The van der Waals surface area contributed by atoms with E-state index in [1.54, 1.807) is 0 Å². The number of ether oxygens (including phenoxy) is 1. The van der Waals surface area contributed by atoms with E-state index in [1.807, 2.05) is 24.5 Å². The summed E-state index contributed by atoms with van der Waals surface area (Å²) in [5, 5.41) is 7.60. The fraction of sp³-hybridized carbons (Fsp3) is 0.0612. The van der Waals surface area contributed by atoms with Gasteiger partial charge in [0.05, 0.1) is 16.7 Å². The second-order valence-electron chi connectivity index (χ2n) is 14.6. The van der Waals surface area contributed by atoms with E-state index in [0.29, 0.717) is 0 Å². The van der Waals surface area contributed by atoms with Gasteiger partial charge in [-0.1, -0.05) is 141 Å². The van der Waals surface area contributed by atoms with Crippen molar-refractivity contribution in [1.29, 1.82) is 0 Å². The molecule has 0 N–H and O–H groups in total. The lowest BCUT2D eigenvalue weighted by atomic mass is 9.74. The van der Waals surface area contributed by atoms with Gasteiger partial charge in [-0.25, -0.2) is 4.98 Å². The van der Waals surface area contributed by atoms with Crippen LogP contribution in [-0.2, 0) is 5.41 Å². The third-order valence-corrected chi connectivity index (χ3v) is 16.0. The minimum Gasteiger partial charge on any atom is -0.457 e. The summed E-state index contributed by atoms with van der Waals surface area (Å²) >= 11 is 0. The quantitative estimate of drug-likeness (QED) is 0.128. The summed E-state index contributed by atoms with van der Waals surface area (Å²) in [5.41, 5.74) is 6.38. The van der Waals surface area contributed by atoms with Crippen molar-refractivity contribution in [2.24, 2.45) is 0 Å². The van der Waals surface area contributed by atoms with Crippen LogP contribution < -0.4 is 25.5 Å². The minimum absolute atomic E-state index is 0.302. The van der Waals surface area contributed by atoms with E-state index in [9.17, 15) is 0 Å². The van der Waals surface area contributed by atoms with Gasteiger partial charge in [-0.3, -0.25) is 9.55 Å². The minimum atomic E-state index is -2.94. The fourth-order valence-corrected chi connectivity index (χ4v) is 13.7. The highest BCUT2D eigenvalue weighted by atomic mass is 28.3. The molecule has 6 aromatic carbocycles. The maximum atomic E-state index is 6.66. The first kappa shape index (κ1) is 32.1. The summed E-state index contributed by atoms with van der Waals surface area (Å²) in [4.78, 5) is 9.71. The molecule has 54 heavy (non-hydrogen) atoms. The van der Waals surface area contributed by atoms with Crippen molar-refractivity contribution in [3.63, 3.8) is 0 Å². The summed E-state index contributed by atoms with van der Waals surface area (Å²) in [5.74, 6) is 2.70. The van der Waals surface area contributed by atoms with Crippen LogP contribution in [0.25, 0.3) is 38.9 Å². The Morgan fingerprint density at radius 3 is 1.91 bits per heavy atom. The molecule has 0 fully saturated rings. The molecule has 0 aliphatic carbocycles. The molecular weight excluding hydrogens is 675 g/mol. The Kier molecular flexibility index (Phi) is 7.46. The van der Waals surface area contributed by atoms with Gasteiger partial charge in [-0.05, 0) is 69.3 Å². The van der Waals surface area contributed by atoms with E-state index in [1.165, 1.54) is 42.6 Å². The molecule has 9 aromatic rings. The molecule has 0 atom stereocenters. The summed E-state index contributed by atoms with van der Waals surface area (Å²) in [6, 6.07) is 63.6. The molecule has 3 aromatic heterocycles. The number of nitrogens with zero attached hydrogens (tertiary/aromatic N) is 3. The number of pyridine rings is 2. The predicted octanol–water partition coefficient (Wildman–Crippen LogP) is 9.05. The molecule has 5 heteroatoms. The lowest BCUT2D eigenvalue weighted by Gasteiger charge is -2.35. The Bertz CT molecular complexity index is 2780. The van der Waals surface area contributed by atoms with Crippen LogP contribution >= 0.6 is 0 Å². The Balaban J connectivity index is 1.33. The number of hydrogen-bond donors (Lipinski definition) is 0. The zero-order valence-corrected chi connectivity index (χ0v) is 31.1. The molecule has 0 radical (unpaired) electrons. The van der Waals surface area contributed by atoms with Gasteiger partial charge < -0.3 is 4.74 Å². The van der Waals surface area contributed by atoms with Gasteiger partial charge in [0, 0.05) is 45.3 Å². The van der Waals surface area contributed by atoms with Gasteiger partial charge in [0.2, 0.25) is 0 Å². The van der Waals surface area contributed by atoms with Crippen LogP contribution in [0.5, 0.6) is 11.5 Å². The third-order valence-electron chi connectivity index (χ3n) is 11.3. The highest BCUT2D eigenvalue weighted by molar-refractivity contribution is 7.20. The predicted molar refractivity (Wildman–Crippen MR) is 224 cm³/mol.